The number of ether oxygens (including phenoxy) is 1. The van der Waals surface area contributed by atoms with Gasteiger partial charge < -0.3 is 10.5 Å². The van der Waals surface area contributed by atoms with Crippen molar-refractivity contribution in [1.29, 1.82) is 0 Å². The lowest BCUT2D eigenvalue weighted by molar-refractivity contribution is -0.121. The zero-order chi connectivity index (χ0) is 17.1. The zero-order valence-corrected chi connectivity index (χ0v) is 16.3. The predicted octanol–water partition coefficient (Wildman–Crippen LogP) is 4.30. The smallest absolute Gasteiger partial charge is 0.217 e. The van der Waals surface area contributed by atoms with Gasteiger partial charge in [-0.15, -0.1) is 0 Å². The number of hydrogen-bond donors (Lipinski definition) is 1. The van der Waals surface area contributed by atoms with Gasteiger partial charge in [-0.1, -0.05) is 45.4 Å². The first kappa shape index (κ1) is 20.6. The van der Waals surface area contributed by atoms with E-state index in [-0.39, 0.29) is 23.7 Å². The van der Waals surface area contributed by atoms with Crippen LogP contribution in [0.15, 0.2) is 9.66 Å². The van der Waals surface area contributed by atoms with Crippen molar-refractivity contribution in [1.82, 2.24) is 0 Å². The molecule has 0 unspecified atom stereocenters. The number of rotatable bonds is 13. The molecule has 0 saturated carbocycles. The Morgan fingerprint density at radius 1 is 1.17 bits per heavy atom. The largest absolute Gasteiger partial charge is 0.372 e. The van der Waals surface area contributed by atoms with Crippen LogP contribution in [-0.2, 0) is 14.3 Å². The van der Waals surface area contributed by atoms with Crippen molar-refractivity contribution in [2.45, 2.75) is 77.2 Å². The number of hydrogen-bond acceptors (Lipinski definition) is 3. The first-order valence-electron chi connectivity index (χ1n) is 8.87. The summed E-state index contributed by atoms with van der Waals surface area (Å²) >= 11 is 2.23. The summed E-state index contributed by atoms with van der Waals surface area (Å²) in [6, 6.07) is 0. The fourth-order valence-electron chi connectivity index (χ4n) is 2.91. The van der Waals surface area contributed by atoms with Crippen LogP contribution in [0.1, 0.15) is 71.1 Å². The van der Waals surface area contributed by atoms with Gasteiger partial charge in [0.2, 0.25) is 5.91 Å². The first-order chi connectivity index (χ1) is 11.1. The molecule has 0 saturated heterocycles. The van der Waals surface area contributed by atoms with Gasteiger partial charge in [0, 0.05) is 16.6 Å². The maximum absolute atomic E-state index is 12.1. The molecule has 0 aromatic carbocycles. The minimum absolute atomic E-state index is 0.00847. The van der Waals surface area contributed by atoms with Gasteiger partial charge in [0.15, 0.2) is 5.78 Å². The van der Waals surface area contributed by atoms with Crippen molar-refractivity contribution < 1.29 is 14.3 Å². The number of allylic oxidation sites excluding steroid dienone is 1. The molecule has 0 spiro atoms. The fraction of sp³-hybridized carbons (Fsp3) is 0.778. The van der Waals surface area contributed by atoms with Crippen molar-refractivity contribution in [3.63, 3.8) is 0 Å². The summed E-state index contributed by atoms with van der Waals surface area (Å²) in [5.41, 5.74) is 5.12. The molecule has 1 aliphatic rings. The average Bonchev–Trinajstić information content (AvgIpc) is 2.76. The summed E-state index contributed by atoms with van der Waals surface area (Å²) in [4.78, 5) is 22.8. The second-order valence-corrected chi connectivity index (χ2v) is 7.55. The number of amides is 1. The Hall–Kier alpha value is -0.430. The molecule has 2 atom stereocenters. The Kier molecular flexibility index (Phi) is 10.8. The summed E-state index contributed by atoms with van der Waals surface area (Å²) in [5, 5.41) is 0. The zero-order valence-electron chi connectivity index (χ0n) is 14.2. The lowest BCUT2D eigenvalue weighted by Gasteiger charge is -2.20. The Labute approximate surface area is 153 Å². The third-order valence-corrected chi connectivity index (χ3v) is 5.19. The predicted molar refractivity (Wildman–Crippen MR) is 101 cm³/mol. The first-order valence-corrected chi connectivity index (χ1v) is 9.95. The van der Waals surface area contributed by atoms with Crippen LogP contribution < -0.4 is 5.73 Å². The Bertz CT molecular complexity index is 409. The quantitative estimate of drug-likeness (QED) is 0.347. The minimum atomic E-state index is -0.243. The van der Waals surface area contributed by atoms with Gasteiger partial charge in [0.05, 0.1) is 12.0 Å². The molecule has 1 aliphatic carbocycles. The third-order valence-electron chi connectivity index (χ3n) is 4.27. The van der Waals surface area contributed by atoms with Crippen LogP contribution in [-0.4, -0.2) is 24.4 Å². The topological polar surface area (TPSA) is 69.4 Å². The maximum atomic E-state index is 12.1. The molecule has 23 heavy (non-hydrogen) atoms. The van der Waals surface area contributed by atoms with Crippen molar-refractivity contribution in [3.05, 3.63) is 9.66 Å². The van der Waals surface area contributed by atoms with E-state index in [1.54, 1.807) is 6.08 Å². The molecule has 0 bridgehead atoms. The maximum Gasteiger partial charge on any atom is 0.217 e. The normalized spacial score (nSPS) is 20.8. The van der Waals surface area contributed by atoms with Crippen LogP contribution in [0.25, 0.3) is 0 Å². The van der Waals surface area contributed by atoms with E-state index in [9.17, 15) is 9.59 Å². The van der Waals surface area contributed by atoms with Crippen LogP contribution in [0.2, 0.25) is 0 Å². The number of carbonyl (C=O) groups excluding carboxylic acids is 2. The van der Waals surface area contributed by atoms with Crippen molar-refractivity contribution in [2.24, 2.45) is 11.7 Å². The van der Waals surface area contributed by atoms with Crippen LogP contribution >= 0.6 is 22.6 Å². The number of ketones is 1. The summed E-state index contributed by atoms with van der Waals surface area (Å²) < 4.78 is 7.00. The Morgan fingerprint density at radius 2 is 1.87 bits per heavy atom. The molecule has 0 heterocycles. The highest BCUT2D eigenvalue weighted by Gasteiger charge is 2.35. The molecule has 0 radical (unpaired) electrons. The number of carbonyl (C=O) groups is 2. The Balaban J connectivity index is 2.25. The number of unbranched alkanes of at least 4 members (excludes halogenated alkanes) is 6. The van der Waals surface area contributed by atoms with E-state index < -0.39 is 0 Å². The highest BCUT2D eigenvalue weighted by molar-refractivity contribution is 14.1. The lowest BCUT2D eigenvalue weighted by atomic mass is 9.95. The van der Waals surface area contributed by atoms with E-state index in [1.807, 2.05) is 0 Å². The van der Waals surface area contributed by atoms with E-state index in [2.05, 4.69) is 29.5 Å². The van der Waals surface area contributed by atoms with E-state index in [1.165, 1.54) is 25.7 Å². The van der Waals surface area contributed by atoms with Crippen molar-refractivity contribution in [2.75, 3.05) is 6.61 Å². The molecule has 0 aromatic rings. The van der Waals surface area contributed by atoms with Crippen LogP contribution in [0.3, 0.4) is 0 Å². The van der Waals surface area contributed by atoms with Gasteiger partial charge in [-0.2, -0.15) is 0 Å². The second-order valence-electron chi connectivity index (χ2n) is 6.31. The Morgan fingerprint density at radius 3 is 2.57 bits per heavy atom. The monoisotopic (exact) mass is 435 g/mol. The van der Waals surface area contributed by atoms with E-state index in [0.717, 1.165) is 35.7 Å². The van der Waals surface area contributed by atoms with E-state index in [4.69, 9.17) is 10.5 Å². The SMILES string of the molecule is CCCCCCC[C@H]1C(=O)C=C(I)[C@@H]1OCCCCCC(N)=O. The molecular weight excluding hydrogens is 405 g/mol. The van der Waals surface area contributed by atoms with Crippen LogP contribution in [0.4, 0.5) is 0 Å². The molecule has 5 heteroatoms. The number of halogens is 1. The van der Waals surface area contributed by atoms with Gasteiger partial charge in [-0.3, -0.25) is 9.59 Å². The highest BCUT2D eigenvalue weighted by atomic mass is 127. The molecule has 0 aliphatic heterocycles. The van der Waals surface area contributed by atoms with Gasteiger partial charge in [-0.25, -0.2) is 0 Å². The van der Waals surface area contributed by atoms with Crippen LogP contribution in [0, 0.1) is 5.92 Å². The molecule has 0 fully saturated rings. The second kappa shape index (κ2) is 12.0. The van der Waals surface area contributed by atoms with Gasteiger partial charge in [-0.05, 0) is 47.9 Å². The number of primary amides is 1. The standard InChI is InChI=1S/C18H30INO3/c1-2-3-4-5-7-10-14-16(21)13-15(19)18(14)23-12-9-6-8-11-17(20)22/h13-14,18H,2-12H2,1H3,(H2,20,22)/t14-,18+/m0/s1. The summed E-state index contributed by atoms with van der Waals surface area (Å²) in [6.45, 7) is 2.85. The summed E-state index contributed by atoms with van der Waals surface area (Å²) in [5.74, 6) is -0.00862. The van der Waals surface area contributed by atoms with Crippen molar-refractivity contribution >= 4 is 34.3 Å². The molecule has 2 N–H and O–H groups in total. The number of nitrogens with two attached hydrogens (primary N) is 1. The average molecular weight is 435 g/mol. The molecule has 1 rings (SSSR count). The molecule has 0 aromatic heterocycles. The summed E-state index contributed by atoms with van der Waals surface area (Å²) in [6.07, 6.45) is 11.8. The summed E-state index contributed by atoms with van der Waals surface area (Å²) in [7, 11) is 0. The lowest BCUT2D eigenvalue weighted by Crippen LogP contribution is -2.25. The molecular formula is C18H30INO3. The fourth-order valence-corrected chi connectivity index (χ4v) is 3.83. The van der Waals surface area contributed by atoms with Gasteiger partial charge in [0.25, 0.3) is 0 Å². The van der Waals surface area contributed by atoms with E-state index in [0.29, 0.717) is 13.0 Å². The highest BCUT2D eigenvalue weighted by Crippen LogP contribution is 2.33. The molecule has 1 amide bonds. The minimum Gasteiger partial charge on any atom is -0.372 e. The third kappa shape index (κ3) is 8.29. The molecule has 4 nitrogen and oxygen atoms in total. The van der Waals surface area contributed by atoms with Crippen LogP contribution in [0.5, 0.6) is 0 Å². The molecule has 132 valence electrons. The van der Waals surface area contributed by atoms with Gasteiger partial charge >= 0.3 is 0 Å². The van der Waals surface area contributed by atoms with E-state index >= 15 is 0 Å². The van der Waals surface area contributed by atoms with Gasteiger partial charge in [0.1, 0.15) is 0 Å². The van der Waals surface area contributed by atoms with Crippen molar-refractivity contribution in [3.8, 4) is 0 Å².